The van der Waals surface area contributed by atoms with Crippen molar-refractivity contribution in [3.63, 3.8) is 0 Å². The normalized spacial score (nSPS) is 13.8. The molecule has 0 spiro atoms. The van der Waals surface area contributed by atoms with Crippen LogP contribution in [0.3, 0.4) is 0 Å². The number of rotatable bonds is 8. The first-order valence-corrected chi connectivity index (χ1v) is 9.36. The molecule has 1 aromatic carbocycles. The Balaban J connectivity index is 1.50. The molecule has 6 nitrogen and oxygen atoms in total. The molecule has 1 amide bonds. The Kier molecular flexibility index (Phi) is 6.46. The van der Waals surface area contributed by atoms with Gasteiger partial charge in [0, 0.05) is 18.0 Å². The molecule has 0 aliphatic heterocycles. The number of anilines is 1. The summed E-state index contributed by atoms with van der Waals surface area (Å²) in [6.07, 6.45) is -2.55. The molecule has 1 fully saturated rings. The second-order valence-electron chi connectivity index (χ2n) is 6.58. The molecule has 1 saturated carbocycles. The van der Waals surface area contributed by atoms with Crippen LogP contribution in [0.25, 0.3) is 0 Å². The number of amides is 1. The average molecular weight is 430 g/mol. The molecule has 29 heavy (non-hydrogen) atoms. The van der Waals surface area contributed by atoms with Gasteiger partial charge in [-0.3, -0.25) is 4.79 Å². The van der Waals surface area contributed by atoms with Gasteiger partial charge < -0.3 is 14.8 Å². The van der Waals surface area contributed by atoms with Gasteiger partial charge in [0.2, 0.25) is 5.91 Å². The quantitative estimate of drug-likeness (QED) is 0.608. The highest BCUT2D eigenvalue weighted by atomic mass is 35.5. The minimum absolute atomic E-state index is 0.0161. The van der Waals surface area contributed by atoms with Crippen molar-refractivity contribution < 1.29 is 27.4 Å². The van der Waals surface area contributed by atoms with E-state index in [9.17, 15) is 18.0 Å². The van der Waals surface area contributed by atoms with Crippen LogP contribution in [0.15, 0.2) is 24.3 Å². The van der Waals surface area contributed by atoms with E-state index in [4.69, 9.17) is 21.1 Å². The zero-order valence-corrected chi connectivity index (χ0v) is 16.3. The van der Waals surface area contributed by atoms with Crippen LogP contribution in [0.5, 0.6) is 11.8 Å². The molecule has 0 radical (unpaired) electrons. The van der Waals surface area contributed by atoms with Crippen molar-refractivity contribution in [2.45, 2.75) is 37.8 Å². The van der Waals surface area contributed by atoms with E-state index in [2.05, 4.69) is 15.3 Å². The number of hydrogen-bond donors (Lipinski definition) is 1. The van der Waals surface area contributed by atoms with Crippen LogP contribution in [0, 0.1) is 0 Å². The number of carbonyl (C=O) groups is 1. The Labute approximate surface area is 170 Å². The van der Waals surface area contributed by atoms with Crippen molar-refractivity contribution in [3.05, 3.63) is 40.7 Å². The van der Waals surface area contributed by atoms with Gasteiger partial charge in [-0.15, -0.1) is 0 Å². The second-order valence-corrected chi connectivity index (χ2v) is 6.99. The lowest BCUT2D eigenvalue weighted by Gasteiger charge is -2.11. The van der Waals surface area contributed by atoms with Crippen molar-refractivity contribution >= 4 is 23.2 Å². The molecular formula is C19H19ClF3N3O3. The number of halogens is 4. The largest absolute Gasteiger partial charge is 0.495 e. The lowest BCUT2D eigenvalue weighted by Crippen LogP contribution is -2.14. The number of nitrogens with one attached hydrogen (secondary N) is 1. The highest BCUT2D eigenvalue weighted by Crippen LogP contribution is 2.41. The maximum atomic E-state index is 13.0. The highest BCUT2D eigenvalue weighted by Gasteiger charge is 2.36. The number of methoxy groups -OCH3 is 1. The number of benzene rings is 1. The van der Waals surface area contributed by atoms with Gasteiger partial charge in [0.05, 0.1) is 24.4 Å². The zero-order chi connectivity index (χ0) is 21.0. The molecule has 1 N–H and O–H groups in total. The van der Waals surface area contributed by atoms with E-state index in [0.717, 1.165) is 18.9 Å². The molecule has 0 saturated heterocycles. The van der Waals surface area contributed by atoms with Crippen molar-refractivity contribution in [1.29, 1.82) is 0 Å². The first kappa shape index (κ1) is 21.2. The minimum atomic E-state index is -4.57. The summed E-state index contributed by atoms with van der Waals surface area (Å²) in [5.41, 5.74) is -0.160. The van der Waals surface area contributed by atoms with Gasteiger partial charge in [0.25, 0.3) is 0 Å². The summed E-state index contributed by atoms with van der Waals surface area (Å²) in [6, 6.07) is 5.49. The van der Waals surface area contributed by atoms with E-state index in [1.54, 1.807) is 18.2 Å². The van der Waals surface area contributed by atoms with Crippen LogP contribution >= 0.6 is 11.6 Å². The Morgan fingerprint density at radius 2 is 2.03 bits per heavy atom. The average Bonchev–Trinajstić information content (AvgIpc) is 3.50. The van der Waals surface area contributed by atoms with Gasteiger partial charge in [-0.1, -0.05) is 11.6 Å². The maximum absolute atomic E-state index is 13.0. The van der Waals surface area contributed by atoms with Gasteiger partial charge in [-0.25, -0.2) is 0 Å². The Hall–Kier alpha value is -2.55. The molecule has 1 aliphatic rings. The van der Waals surface area contributed by atoms with Crippen LogP contribution in [-0.2, 0) is 11.0 Å². The summed E-state index contributed by atoms with van der Waals surface area (Å²) in [7, 11) is 1.49. The third-order valence-electron chi connectivity index (χ3n) is 4.23. The number of aromatic nitrogens is 2. The van der Waals surface area contributed by atoms with Gasteiger partial charge in [0.15, 0.2) is 5.69 Å². The fourth-order valence-corrected chi connectivity index (χ4v) is 2.86. The summed E-state index contributed by atoms with van der Waals surface area (Å²) in [5, 5.41) is 3.04. The topological polar surface area (TPSA) is 73.3 Å². The van der Waals surface area contributed by atoms with Crippen LogP contribution in [0.2, 0.25) is 5.02 Å². The maximum Gasteiger partial charge on any atom is 0.433 e. The lowest BCUT2D eigenvalue weighted by atomic mass is 10.2. The van der Waals surface area contributed by atoms with E-state index in [1.165, 1.54) is 7.11 Å². The Morgan fingerprint density at radius 3 is 2.66 bits per heavy atom. The van der Waals surface area contributed by atoms with Crippen LogP contribution in [0.1, 0.15) is 43.0 Å². The minimum Gasteiger partial charge on any atom is -0.495 e. The third-order valence-corrected chi connectivity index (χ3v) is 4.52. The standard InChI is InChI=1S/C19H19ClF3N3O3/c1-28-15-7-6-12(9-13(15)20)24-17(27)3-2-8-29-18-25-14(11-4-5-11)10-16(26-18)19(21,22)23/h6-7,9-11H,2-5,8H2,1H3,(H,24,27). The number of alkyl halides is 3. The Morgan fingerprint density at radius 1 is 1.28 bits per heavy atom. The van der Waals surface area contributed by atoms with E-state index in [1.807, 2.05) is 0 Å². The third kappa shape index (κ3) is 5.96. The lowest BCUT2D eigenvalue weighted by molar-refractivity contribution is -0.141. The summed E-state index contributed by atoms with van der Waals surface area (Å²) in [4.78, 5) is 19.5. The van der Waals surface area contributed by atoms with Crippen LogP contribution in [-0.4, -0.2) is 29.6 Å². The molecule has 2 aromatic rings. The summed E-state index contributed by atoms with van der Waals surface area (Å²) in [5.74, 6) is 0.242. The molecule has 156 valence electrons. The molecule has 0 atom stereocenters. The molecule has 0 unspecified atom stereocenters. The van der Waals surface area contributed by atoms with E-state index < -0.39 is 11.9 Å². The van der Waals surface area contributed by atoms with Crippen molar-refractivity contribution in [2.75, 3.05) is 19.0 Å². The fraction of sp³-hybridized carbons (Fsp3) is 0.421. The van der Waals surface area contributed by atoms with Crippen molar-refractivity contribution in [2.24, 2.45) is 0 Å². The molecular weight excluding hydrogens is 411 g/mol. The van der Waals surface area contributed by atoms with Gasteiger partial charge >= 0.3 is 12.2 Å². The van der Waals surface area contributed by atoms with E-state index in [-0.39, 0.29) is 37.3 Å². The highest BCUT2D eigenvalue weighted by molar-refractivity contribution is 6.32. The first-order chi connectivity index (χ1) is 13.8. The smallest absolute Gasteiger partial charge is 0.433 e. The SMILES string of the molecule is COc1ccc(NC(=O)CCCOc2nc(C3CC3)cc(C(F)(F)F)n2)cc1Cl. The predicted octanol–water partition coefficient (Wildman–Crippen LogP) is 4.83. The number of hydrogen-bond acceptors (Lipinski definition) is 5. The molecule has 1 heterocycles. The monoisotopic (exact) mass is 429 g/mol. The molecule has 10 heteroatoms. The van der Waals surface area contributed by atoms with Crippen LogP contribution < -0.4 is 14.8 Å². The molecule has 1 aliphatic carbocycles. The van der Waals surface area contributed by atoms with E-state index >= 15 is 0 Å². The van der Waals surface area contributed by atoms with Crippen molar-refractivity contribution in [1.82, 2.24) is 9.97 Å². The van der Waals surface area contributed by atoms with Gasteiger partial charge in [-0.05, 0) is 43.5 Å². The Bertz CT molecular complexity index is 889. The van der Waals surface area contributed by atoms with Gasteiger partial charge in [0.1, 0.15) is 5.75 Å². The van der Waals surface area contributed by atoms with E-state index in [0.29, 0.717) is 22.2 Å². The van der Waals surface area contributed by atoms with Crippen LogP contribution in [0.4, 0.5) is 18.9 Å². The van der Waals surface area contributed by atoms with Crippen molar-refractivity contribution in [3.8, 4) is 11.8 Å². The van der Waals surface area contributed by atoms with Gasteiger partial charge in [-0.2, -0.15) is 23.1 Å². The first-order valence-electron chi connectivity index (χ1n) is 8.98. The summed E-state index contributed by atoms with van der Waals surface area (Å²) in [6.45, 7) is 0.0161. The second kappa shape index (κ2) is 8.86. The predicted molar refractivity (Wildman–Crippen MR) is 100 cm³/mol. The fourth-order valence-electron chi connectivity index (χ4n) is 2.60. The summed E-state index contributed by atoms with van der Waals surface area (Å²) >= 11 is 6.00. The molecule has 0 bridgehead atoms. The zero-order valence-electron chi connectivity index (χ0n) is 15.6. The molecule has 1 aromatic heterocycles. The molecule has 3 rings (SSSR count). The number of ether oxygens (including phenoxy) is 2. The number of carbonyl (C=O) groups excluding carboxylic acids is 1. The number of nitrogens with zero attached hydrogens (tertiary/aromatic N) is 2. The summed E-state index contributed by atoms with van der Waals surface area (Å²) < 4.78 is 49.3.